The lowest BCUT2D eigenvalue weighted by atomic mass is 9.83. The summed E-state index contributed by atoms with van der Waals surface area (Å²) in [4.78, 5) is 50.7. The third-order valence-corrected chi connectivity index (χ3v) is 7.23. The number of methoxy groups -OCH3 is 2. The Morgan fingerprint density at radius 1 is 0.975 bits per heavy atom. The minimum Gasteiger partial charge on any atom is -0.465 e. The number of carbonyl (C=O) groups excluding carboxylic acids is 3. The number of hydrogen-bond donors (Lipinski definition) is 1. The highest BCUT2D eigenvalue weighted by Crippen LogP contribution is 2.37. The Kier molecular flexibility index (Phi) is 8.02. The fourth-order valence-corrected chi connectivity index (χ4v) is 5.44. The van der Waals surface area contributed by atoms with E-state index in [-0.39, 0.29) is 31.7 Å². The molecule has 2 heterocycles. The molecule has 11 heteroatoms. The van der Waals surface area contributed by atoms with Gasteiger partial charge in [-0.15, -0.1) is 11.3 Å². The van der Waals surface area contributed by atoms with Gasteiger partial charge in [-0.1, -0.05) is 24.3 Å². The molecule has 1 unspecified atom stereocenters. The van der Waals surface area contributed by atoms with Crippen molar-refractivity contribution < 1.29 is 28.6 Å². The van der Waals surface area contributed by atoms with Crippen LogP contribution in [0.1, 0.15) is 51.6 Å². The van der Waals surface area contributed by atoms with Crippen LogP contribution in [0.2, 0.25) is 0 Å². The van der Waals surface area contributed by atoms with Crippen molar-refractivity contribution in [3.63, 3.8) is 0 Å². The lowest BCUT2D eigenvalue weighted by Crippen LogP contribution is -2.40. The first-order chi connectivity index (χ1) is 19.1. The smallest absolute Gasteiger partial charge is 0.338 e. The average molecular weight is 560 g/mol. The number of allylic oxidation sites excluding steroid dienone is 1. The van der Waals surface area contributed by atoms with Crippen molar-refractivity contribution in [3.05, 3.63) is 95.9 Å². The van der Waals surface area contributed by atoms with Crippen molar-refractivity contribution in [2.45, 2.75) is 25.9 Å². The number of nitrogens with two attached hydrogens (primary N) is 1. The second-order valence-corrected chi connectivity index (χ2v) is 10.0. The lowest BCUT2D eigenvalue weighted by Gasteiger charge is -2.25. The molecule has 1 aromatic heterocycles. The van der Waals surface area contributed by atoms with E-state index in [1.165, 1.54) is 26.4 Å². The molecule has 0 aliphatic carbocycles. The minimum atomic E-state index is -0.951. The maximum Gasteiger partial charge on any atom is 0.338 e. The molecule has 1 aliphatic rings. The first-order valence-corrected chi connectivity index (χ1v) is 12.9. The molecule has 204 valence electrons. The number of esters is 3. The number of carbonyl (C=O) groups is 3. The standard InChI is InChI=1S/C29H25N3O7S/c1-15(2)39-29(36)23-22(17-9-11-19(12-10-17)28(35)38-4)20(14-30)24(31)32-25(33)21(40-26(23)32)13-16-5-7-18(8-6-16)27(34)37-3/h5-13,15,22H,31H2,1-4H3/b21-13+. The van der Waals surface area contributed by atoms with Gasteiger partial charge >= 0.3 is 17.9 Å². The van der Waals surface area contributed by atoms with Gasteiger partial charge in [-0.05, 0) is 55.3 Å². The van der Waals surface area contributed by atoms with E-state index in [9.17, 15) is 24.4 Å². The van der Waals surface area contributed by atoms with Crippen LogP contribution >= 0.6 is 11.3 Å². The fourth-order valence-electron chi connectivity index (χ4n) is 4.27. The molecule has 1 atom stereocenters. The summed E-state index contributed by atoms with van der Waals surface area (Å²) in [5.41, 5.74) is 7.69. The number of nitrogens with zero attached hydrogens (tertiary/aromatic N) is 2. The Balaban J connectivity index is 1.98. The molecule has 40 heavy (non-hydrogen) atoms. The second kappa shape index (κ2) is 11.4. The fraction of sp³-hybridized carbons (Fsp3) is 0.207. The van der Waals surface area contributed by atoms with E-state index in [0.29, 0.717) is 16.7 Å². The van der Waals surface area contributed by atoms with Crippen LogP contribution in [0.4, 0.5) is 0 Å². The molecule has 2 aromatic carbocycles. The first-order valence-electron chi connectivity index (χ1n) is 12.1. The molecule has 2 N–H and O–H groups in total. The summed E-state index contributed by atoms with van der Waals surface area (Å²) >= 11 is 1.03. The highest BCUT2D eigenvalue weighted by atomic mass is 32.1. The van der Waals surface area contributed by atoms with Crippen LogP contribution in [0.3, 0.4) is 0 Å². The highest BCUT2D eigenvalue weighted by molar-refractivity contribution is 7.07. The van der Waals surface area contributed by atoms with Gasteiger partial charge in [0.15, 0.2) is 0 Å². The maximum absolute atomic E-state index is 13.5. The van der Waals surface area contributed by atoms with Crippen LogP contribution in [0.25, 0.3) is 17.5 Å². The van der Waals surface area contributed by atoms with Crippen molar-refractivity contribution in [1.82, 2.24) is 4.57 Å². The summed E-state index contributed by atoms with van der Waals surface area (Å²) in [6, 6.07) is 14.7. The van der Waals surface area contributed by atoms with Crippen molar-refractivity contribution in [1.29, 1.82) is 5.26 Å². The molecule has 0 fully saturated rings. The van der Waals surface area contributed by atoms with Gasteiger partial charge in [0.25, 0.3) is 5.56 Å². The Labute approximate surface area is 232 Å². The number of fused-ring (bicyclic) bond motifs is 1. The summed E-state index contributed by atoms with van der Waals surface area (Å²) in [6.45, 7) is 3.38. The van der Waals surface area contributed by atoms with E-state index in [0.717, 1.165) is 15.9 Å². The predicted molar refractivity (Wildman–Crippen MR) is 147 cm³/mol. The number of benzene rings is 2. The van der Waals surface area contributed by atoms with E-state index in [2.05, 4.69) is 6.07 Å². The van der Waals surface area contributed by atoms with E-state index in [4.69, 9.17) is 19.9 Å². The minimum absolute atomic E-state index is 0.0112. The Morgan fingerprint density at radius 3 is 2.02 bits per heavy atom. The van der Waals surface area contributed by atoms with Crippen molar-refractivity contribution >= 4 is 46.7 Å². The number of ether oxygens (including phenoxy) is 3. The quantitative estimate of drug-likeness (QED) is 0.352. The molecule has 3 aromatic rings. The van der Waals surface area contributed by atoms with E-state index in [1.54, 1.807) is 56.3 Å². The average Bonchev–Trinajstić information content (AvgIpc) is 3.27. The van der Waals surface area contributed by atoms with Gasteiger partial charge in [0.1, 0.15) is 10.5 Å². The third-order valence-electron chi connectivity index (χ3n) is 6.13. The van der Waals surface area contributed by atoms with E-state index < -0.39 is 35.5 Å². The SMILES string of the molecule is COC(=O)c1ccc(/C=c2/sc3n(c2=O)C(N)=C(C#N)C(c2ccc(C(=O)OC)cc2)C=3C(=O)OC(C)C)cc1. The van der Waals surface area contributed by atoms with Gasteiger partial charge in [0, 0.05) is 0 Å². The molecular formula is C29H25N3O7S. The molecule has 1 aliphatic heterocycles. The number of thiazole rings is 1. The van der Waals surface area contributed by atoms with Crippen LogP contribution in [-0.2, 0) is 19.0 Å². The van der Waals surface area contributed by atoms with Crippen LogP contribution in [-0.4, -0.2) is 42.8 Å². The molecule has 0 amide bonds. The molecule has 10 nitrogen and oxygen atoms in total. The van der Waals surface area contributed by atoms with Gasteiger partial charge in [-0.2, -0.15) is 5.26 Å². The summed E-state index contributed by atoms with van der Waals surface area (Å²) in [5, 5.41) is 10.1. The van der Waals surface area contributed by atoms with E-state index in [1.807, 2.05) is 0 Å². The zero-order valence-corrected chi connectivity index (χ0v) is 22.9. The molecule has 0 radical (unpaired) electrons. The Bertz CT molecular complexity index is 1760. The number of nitriles is 1. The zero-order chi connectivity index (χ0) is 29.1. The van der Waals surface area contributed by atoms with Crippen LogP contribution < -0.4 is 20.5 Å². The summed E-state index contributed by atoms with van der Waals surface area (Å²) in [5.74, 6) is -2.80. The summed E-state index contributed by atoms with van der Waals surface area (Å²) in [6.07, 6.45) is 1.13. The van der Waals surface area contributed by atoms with Crippen molar-refractivity contribution in [2.24, 2.45) is 5.73 Å². The van der Waals surface area contributed by atoms with Gasteiger partial charge in [-0.25, -0.2) is 14.4 Å². The normalized spacial score (nSPS) is 14.9. The van der Waals surface area contributed by atoms with Crippen LogP contribution in [0.5, 0.6) is 0 Å². The molecule has 0 bridgehead atoms. The maximum atomic E-state index is 13.5. The first kappa shape index (κ1) is 28.1. The Morgan fingerprint density at radius 2 is 1.52 bits per heavy atom. The number of rotatable bonds is 6. The van der Waals surface area contributed by atoms with Crippen LogP contribution in [0, 0.1) is 11.3 Å². The number of hydrogen-bond acceptors (Lipinski definition) is 10. The largest absolute Gasteiger partial charge is 0.465 e. The lowest BCUT2D eigenvalue weighted by molar-refractivity contribution is -0.140. The molecule has 0 spiro atoms. The zero-order valence-electron chi connectivity index (χ0n) is 22.1. The summed E-state index contributed by atoms with van der Waals surface area (Å²) in [7, 11) is 2.55. The van der Waals surface area contributed by atoms with E-state index >= 15 is 0 Å². The monoisotopic (exact) mass is 559 g/mol. The van der Waals surface area contributed by atoms with Gasteiger partial charge in [0.05, 0.1) is 59.1 Å². The second-order valence-electron chi connectivity index (χ2n) is 9.00. The Hall–Kier alpha value is -4.95. The topological polar surface area (TPSA) is 151 Å². The van der Waals surface area contributed by atoms with Crippen molar-refractivity contribution in [2.75, 3.05) is 14.2 Å². The number of aromatic nitrogens is 1. The third kappa shape index (κ3) is 5.17. The van der Waals surface area contributed by atoms with Crippen LogP contribution in [0.15, 0.2) is 58.9 Å². The molecule has 4 rings (SSSR count). The van der Waals surface area contributed by atoms with Gasteiger partial charge < -0.3 is 19.9 Å². The van der Waals surface area contributed by atoms with Crippen molar-refractivity contribution in [3.8, 4) is 6.07 Å². The molecule has 0 saturated carbocycles. The predicted octanol–water partition coefficient (Wildman–Crippen LogP) is 1.86. The highest BCUT2D eigenvalue weighted by Gasteiger charge is 2.36. The molecular weight excluding hydrogens is 534 g/mol. The van der Waals surface area contributed by atoms with Gasteiger partial charge in [-0.3, -0.25) is 9.36 Å². The summed E-state index contributed by atoms with van der Waals surface area (Å²) < 4.78 is 16.6. The van der Waals surface area contributed by atoms with Gasteiger partial charge in [0.2, 0.25) is 0 Å². The molecule has 0 saturated heterocycles.